The normalized spacial score (nSPS) is 28.2. The van der Waals surface area contributed by atoms with Crippen LogP contribution < -0.4 is 4.74 Å². The van der Waals surface area contributed by atoms with Crippen LogP contribution in [0.5, 0.6) is 11.5 Å². The van der Waals surface area contributed by atoms with Gasteiger partial charge >= 0.3 is 0 Å². The number of benzene rings is 1. The maximum Gasteiger partial charge on any atom is 0.234 e. The first-order chi connectivity index (χ1) is 20.7. The van der Waals surface area contributed by atoms with Crippen LogP contribution in [0.1, 0.15) is 34.1 Å². The molecule has 4 aliphatic rings. The second-order valence-electron chi connectivity index (χ2n) is 11.4. The van der Waals surface area contributed by atoms with Gasteiger partial charge in [-0.05, 0) is 85.1 Å². The number of aromatic hydroxyl groups is 1. The zero-order chi connectivity index (χ0) is 30.2. The standard InChI is InChI=1S/C31H26Br2N2O6S2/c1-41-21-11-19(25(32)26(33)27(21)36)22-16-6-7-17-23(30(39)34(28(17)37)12-14-4-2-8-42-14)18(16)10-20-24(22)31(40)35(29(20)38)13-15-5-3-9-43-15/h2-6,8-9,11,17-18,20,22-24,36H,7,10,12-13H2,1H3/t17-,18+,20+,22+,23-,24+/m0/s1. The van der Waals surface area contributed by atoms with Gasteiger partial charge in [-0.15, -0.1) is 22.7 Å². The number of imide groups is 2. The van der Waals surface area contributed by atoms with Gasteiger partial charge in [0.15, 0.2) is 11.5 Å². The highest BCUT2D eigenvalue weighted by Gasteiger charge is 2.62. The Bertz CT molecular complexity index is 1690. The van der Waals surface area contributed by atoms with Crippen LogP contribution in [0.4, 0.5) is 0 Å². The van der Waals surface area contributed by atoms with Crippen molar-refractivity contribution >= 4 is 78.2 Å². The largest absolute Gasteiger partial charge is 0.503 e. The van der Waals surface area contributed by atoms with Gasteiger partial charge in [0.2, 0.25) is 23.6 Å². The van der Waals surface area contributed by atoms with Crippen LogP contribution in [-0.2, 0) is 32.3 Å². The molecule has 3 aromatic rings. The molecule has 3 fully saturated rings. The van der Waals surface area contributed by atoms with E-state index in [2.05, 4.69) is 31.9 Å². The lowest BCUT2D eigenvalue weighted by Crippen LogP contribution is -2.43. The van der Waals surface area contributed by atoms with Crippen molar-refractivity contribution in [3.05, 3.63) is 77.0 Å². The first kappa shape index (κ1) is 28.9. The maximum absolute atomic E-state index is 14.2. The molecule has 2 aliphatic carbocycles. The Morgan fingerprint density at radius 2 is 1.47 bits per heavy atom. The van der Waals surface area contributed by atoms with Crippen molar-refractivity contribution in [1.29, 1.82) is 0 Å². The number of thiophene rings is 2. The molecule has 222 valence electrons. The summed E-state index contributed by atoms with van der Waals surface area (Å²) < 4.78 is 6.39. The number of phenols is 1. The number of fused-ring (bicyclic) bond motifs is 4. The summed E-state index contributed by atoms with van der Waals surface area (Å²) >= 11 is 10.1. The Labute approximate surface area is 272 Å². The molecule has 43 heavy (non-hydrogen) atoms. The smallest absolute Gasteiger partial charge is 0.234 e. The molecule has 0 spiro atoms. The van der Waals surface area contributed by atoms with E-state index >= 15 is 0 Å². The van der Waals surface area contributed by atoms with Gasteiger partial charge in [-0.3, -0.25) is 29.0 Å². The maximum atomic E-state index is 14.2. The summed E-state index contributed by atoms with van der Waals surface area (Å²) in [7, 11) is 1.45. The van der Waals surface area contributed by atoms with Crippen molar-refractivity contribution in [1.82, 2.24) is 9.80 Å². The van der Waals surface area contributed by atoms with Gasteiger partial charge in [0.05, 0.1) is 48.3 Å². The van der Waals surface area contributed by atoms with Crippen molar-refractivity contribution in [3.63, 3.8) is 0 Å². The van der Waals surface area contributed by atoms with Crippen molar-refractivity contribution in [3.8, 4) is 11.5 Å². The molecule has 1 N–H and O–H groups in total. The van der Waals surface area contributed by atoms with Gasteiger partial charge in [0.1, 0.15) is 0 Å². The van der Waals surface area contributed by atoms with Gasteiger partial charge in [-0.25, -0.2) is 0 Å². The molecular formula is C31H26Br2N2O6S2. The second kappa shape index (κ2) is 11.0. The Balaban J connectivity index is 1.34. The molecule has 6 atom stereocenters. The molecular weight excluding hydrogens is 720 g/mol. The molecule has 1 aromatic carbocycles. The minimum absolute atomic E-state index is 0.0892. The minimum Gasteiger partial charge on any atom is -0.503 e. The van der Waals surface area contributed by atoms with Crippen molar-refractivity contribution < 1.29 is 29.0 Å². The minimum atomic E-state index is -0.696. The Kier molecular flexibility index (Phi) is 7.39. The van der Waals surface area contributed by atoms with E-state index in [1.807, 2.05) is 41.1 Å². The number of halogens is 2. The molecule has 4 heterocycles. The summed E-state index contributed by atoms with van der Waals surface area (Å²) in [5, 5.41) is 14.5. The average Bonchev–Trinajstić information content (AvgIpc) is 3.80. The fraction of sp³-hybridized carbons (Fsp3) is 0.355. The molecule has 4 amide bonds. The summed E-state index contributed by atoms with van der Waals surface area (Å²) in [6.45, 7) is 0.431. The van der Waals surface area contributed by atoms with Gasteiger partial charge < -0.3 is 9.84 Å². The predicted molar refractivity (Wildman–Crippen MR) is 167 cm³/mol. The second-order valence-corrected chi connectivity index (χ2v) is 15.0. The molecule has 2 aliphatic heterocycles. The molecule has 7 rings (SSSR count). The van der Waals surface area contributed by atoms with Gasteiger partial charge in [-0.2, -0.15) is 0 Å². The van der Waals surface area contributed by atoms with Crippen LogP contribution in [0.15, 0.2) is 61.7 Å². The average molecular weight is 746 g/mol. The van der Waals surface area contributed by atoms with E-state index < -0.39 is 35.5 Å². The summed E-state index contributed by atoms with van der Waals surface area (Å²) in [6, 6.07) is 9.31. The lowest BCUT2D eigenvalue weighted by atomic mass is 9.57. The Morgan fingerprint density at radius 1 is 0.860 bits per heavy atom. The quantitative estimate of drug-likeness (QED) is 0.242. The van der Waals surface area contributed by atoms with E-state index in [4.69, 9.17) is 4.74 Å². The van der Waals surface area contributed by atoms with E-state index in [1.54, 1.807) is 6.07 Å². The summed E-state index contributed by atoms with van der Waals surface area (Å²) in [5.74, 6) is -4.18. The fourth-order valence-corrected chi connectivity index (χ4v) is 9.85. The van der Waals surface area contributed by atoms with Gasteiger partial charge in [0, 0.05) is 20.1 Å². The van der Waals surface area contributed by atoms with E-state index in [1.165, 1.54) is 39.6 Å². The summed E-state index contributed by atoms with van der Waals surface area (Å²) in [6.07, 6.45) is 2.72. The zero-order valence-corrected chi connectivity index (χ0v) is 27.7. The third kappa shape index (κ3) is 4.47. The highest BCUT2D eigenvalue weighted by molar-refractivity contribution is 9.13. The molecule has 12 heteroatoms. The highest BCUT2D eigenvalue weighted by atomic mass is 79.9. The number of nitrogens with zero attached hydrogens (tertiary/aromatic N) is 2. The predicted octanol–water partition coefficient (Wildman–Crippen LogP) is 6.09. The molecule has 0 unspecified atom stereocenters. The lowest BCUT2D eigenvalue weighted by Gasteiger charge is -2.44. The van der Waals surface area contributed by atoms with Gasteiger partial charge in [-0.1, -0.05) is 23.8 Å². The molecule has 2 aromatic heterocycles. The highest BCUT2D eigenvalue weighted by Crippen LogP contribution is 2.60. The number of allylic oxidation sites excluding steroid dienone is 2. The number of likely N-dealkylation sites (tertiary alicyclic amines) is 2. The first-order valence-corrected chi connectivity index (χ1v) is 17.3. The van der Waals surface area contributed by atoms with Crippen LogP contribution in [-0.4, -0.2) is 45.6 Å². The number of ether oxygens (including phenoxy) is 1. The molecule has 0 bridgehead atoms. The Hall–Kier alpha value is -2.80. The number of phenolic OH excluding ortho intramolecular Hbond substituents is 1. The van der Waals surface area contributed by atoms with E-state index in [9.17, 15) is 24.3 Å². The number of methoxy groups -OCH3 is 1. The topological polar surface area (TPSA) is 104 Å². The number of hydrogen-bond acceptors (Lipinski definition) is 8. The molecule has 2 saturated heterocycles. The van der Waals surface area contributed by atoms with Crippen molar-refractivity contribution in [2.24, 2.45) is 29.6 Å². The van der Waals surface area contributed by atoms with E-state index in [0.717, 1.165) is 15.3 Å². The van der Waals surface area contributed by atoms with Crippen LogP contribution in [0.2, 0.25) is 0 Å². The summed E-state index contributed by atoms with van der Waals surface area (Å²) in [4.78, 5) is 60.4. The van der Waals surface area contributed by atoms with Gasteiger partial charge in [0.25, 0.3) is 0 Å². The third-order valence-electron chi connectivity index (χ3n) is 9.35. The van der Waals surface area contributed by atoms with Crippen molar-refractivity contribution in [2.45, 2.75) is 31.8 Å². The van der Waals surface area contributed by atoms with Crippen LogP contribution in [0, 0.1) is 29.6 Å². The molecule has 8 nitrogen and oxygen atoms in total. The molecule has 0 radical (unpaired) electrons. The van der Waals surface area contributed by atoms with E-state index in [-0.39, 0.29) is 48.2 Å². The van der Waals surface area contributed by atoms with Crippen LogP contribution >= 0.6 is 54.5 Å². The number of carbonyl (C=O) groups excluding carboxylic acids is 4. The Morgan fingerprint density at radius 3 is 2.05 bits per heavy atom. The summed E-state index contributed by atoms with van der Waals surface area (Å²) in [5.41, 5.74) is 1.57. The third-order valence-corrected chi connectivity index (χ3v) is 13.2. The number of carbonyl (C=O) groups is 4. The molecule has 1 saturated carbocycles. The fourth-order valence-electron chi connectivity index (χ4n) is 7.49. The number of rotatable bonds is 6. The lowest BCUT2D eigenvalue weighted by molar-refractivity contribution is -0.142. The van der Waals surface area contributed by atoms with E-state index in [0.29, 0.717) is 27.4 Å². The van der Waals surface area contributed by atoms with Crippen LogP contribution in [0.25, 0.3) is 0 Å². The number of amides is 4. The SMILES string of the molecule is COc1cc([C@H]2C3=CC[C@@H]4C(=O)N(Cc5cccs5)C(=O)[C@@H]4[C@@H]3C[C@H]3C(=O)N(Cc4cccs4)C(=O)[C@@H]23)c(Br)c(Br)c1O. The first-order valence-electron chi connectivity index (χ1n) is 13.9. The zero-order valence-electron chi connectivity index (χ0n) is 22.9. The monoisotopic (exact) mass is 744 g/mol. The number of hydrogen-bond donors (Lipinski definition) is 1. The van der Waals surface area contributed by atoms with Crippen molar-refractivity contribution in [2.75, 3.05) is 7.11 Å². The van der Waals surface area contributed by atoms with Crippen LogP contribution in [0.3, 0.4) is 0 Å².